The third-order valence-corrected chi connectivity index (χ3v) is 5.68. The van der Waals surface area contributed by atoms with Crippen molar-refractivity contribution in [3.63, 3.8) is 0 Å². The van der Waals surface area contributed by atoms with Crippen molar-refractivity contribution in [1.29, 1.82) is 0 Å². The Morgan fingerprint density at radius 3 is 2.41 bits per heavy atom. The molecule has 8 heteroatoms. The minimum Gasteiger partial charge on any atom is -0.239 e. The Hall–Kier alpha value is -3.52. The molecule has 0 unspecified atom stereocenters. The van der Waals surface area contributed by atoms with E-state index in [0.717, 1.165) is 22.2 Å². The van der Waals surface area contributed by atoms with Crippen LogP contribution in [-0.4, -0.2) is 29.1 Å². The second kappa shape index (κ2) is 7.84. The third kappa shape index (κ3) is 4.17. The lowest BCUT2D eigenvalue weighted by atomic mass is 10.1. The Labute approximate surface area is 168 Å². The fourth-order valence-electron chi connectivity index (χ4n) is 2.88. The molecule has 0 fully saturated rings. The maximum Gasteiger partial charge on any atom is 0.276 e. The first kappa shape index (κ1) is 18.8. The molecule has 3 aromatic carbocycles. The number of aryl methyl sites for hydroxylation is 1. The molecular formula is C21H19N5O2S. The van der Waals surface area contributed by atoms with E-state index in [1.54, 1.807) is 28.9 Å². The predicted molar refractivity (Wildman–Crippen MR) is 112 cm³/mol. The molecule has 0 saturated carbocycles. The molecule has 0 spiro atoms. The number of hydrogen-bond donors (Lipinski definition) is 1. The SMILES string of the molecule is Cc1ccc(S(=O)(=O)NN=C(Cn2nnc3ccccc32)c2ccccc2)cc1. The van der Waals surface area contributed by atoms with Crippen LogP contribution >= 0.6 is 0 Å². The van der Waals surface area contributed by atoms with Crippen LogP contribution in [0.25, 0.3) is 11.0 Å². The van der Waals surface area contributed by atoms with Crippen LogP contribution in [0.5, 0.6) is 0 Å². The zero-order chi connectivity index (χ0) is 20.3. The minimum atomic E-state index is -3.78. The largest absolute Gasteiger partial charge is 0.276 e. The molecule has 4 rings (SSSR count). The first-order chi connectivity index (χ1) is 14.0. The van der Waals surface area contributed by atoms with E-state index in [4.69, 9.17) is 0 Å². The number of hydrazone groups is 1. The number of hydrogen-bond acceptors (Lipinski definition) is 5. The van der Waals surface area contributed by atoms with Crippen LogP contribution < -0.4 is 4.83 Å². The van der Waals surface area contributed by atoms with E-state index in [2.05, 4.69) is 20.2 Å². The van der Waals surface area contributed by atoms with Gasteiger partial charge in [-0.3, -0.25) is 0 Å². The number of benzene rings is 3. The summed E-state index contributed by atoms with van der Waals surface area (Å²) >= 11 is 0. The van der Waals surface area contributed by atoms with Crippen LogP contribution in [0.2, 0.25) is 0 Å². The number of sulfonamides is 1. The summed E-state index contributed by atoms with van der Waals surface area (Å²) in [5.41, 5.74) is 3.91. The molecule has 7 nitrogen and oxygen atoms in total. The van der Waals surface area contributed by atoms with Crippen molar-refractivity contribution in [2.45, 2.75) is 18.4 Å². The average Bonchev–Trinajstić information content (AvgIpc) is 3.15. The normalized spacial score (nSPS) is 12.2. The van der Waals surface area contributed by atoms with Gasteiger partial charge in [-0.05, 0) is 36.8 Å². The zero-order valence-electron chi connectivity index (χ0n) is 15.7. The van der Waals surface area contributed by atoms with E-state index in [-0.39, 0.29) is 11.4 Å². The molecule has 146 valence electrons. The second-order valence-corrected chi connectivity index (χ2v) is 8.23. The maximum atomic E-state index is 12.6. The van der Waals surface area contributed by atoms with E-state index in [1.165, 1.54) is 0 Å². The lowest BCUT2D eigenvalue weighted by Crippen LogP contribution is -2.23. The smallest absolute Gasteiger partial charge is 0.239 e. The summed E-state index contributed by atoms with van der Waals surface area (Å²) in [7, 11) is -3.78. The minimum absolute atomic E-state index is 0.158. The van der Waals surface area contributed by atoms with E-state index in [1.807, 2.05) is 61.5 Å². The Morgan fingerprint density at radius 2 is 1.66 bits per heavy atom. The molecular weight excluding hydrogens is 386 g/mol. The number of nitrogens with zero attached hydrogens (tertiary/aromatic N) is 4. The van der Waals surface area contributed by atoms with Gasteiger partial charge in [0.25, 0.3) is 10.0 Å². The van der Waals surface area contributed by atoms with Crippen LogP contribution in [0.15, 0.2) is 88.9 Å². The Kier molecular flexibility index (Phi) is 5.09. The van der Waals surface area contributed by atoms with Crippen molar-refractivity contribution in [2.75, 3.05) is 0 Å². The summed E-state index contributed by atoms with van der Waals surface area (Å²) in [5.74, 6) is 0. The first-order valence-electron chi connectivity index (χ1n) is 9.02. The summed E-state index contributed by atoms with van der Waals surface area (Å²) in [5, 5.41) is 12.6. The summed E-state index contributed by atoms with van der Waals surface area (Å²) in [6.45, 7) is 2.17. The van der Waals surface area contributed by atoms with Gasteiger partial charge in [0.05, 0.1) is 22.7 Å². The van der Waals surface area contributed by atoms with Crippen molar-refractivity contribution >= 4 is 26.8 Å². The van der Waals surface area contributed by atoms with Crippen molar-refractivity contribution < 1.29 is 8.42 Å². The average molecular weight is 405 g/mol. The number of para-hydroxylation sites is 1. The molecule has 1 heterocycles. The fourth-order valence-corrected chi connectivity index (χ4v) is 3.71. The Bertz CT molecular complexity index is 1260. The number of nitrogens with one attached hydrogen (secondary N) is 1. The van der Waals surface area contributed by atoms with Crippen molar-refractivity contribution in [2.24, 2.45) is 5.10 Å². The molecule has 0 bridgehead atoms. The fraction of sp³-hybridized carbons (Fsp3) is 0.0952. The molecule has 0 radical (unpaired) electrons. The molecule has 0 amide bonds. The van der Waals surface area contributed by atoms with Crippen LogP contribution in [-0.2, 0) is 16.6 Å². The zero-order valence-corrected chi connectivity index (χ0v) is 16.5. The van der Waals surface area contributed by atoms with Gasteiger partial charge in [0.2, 0.25) is 0 Å². The predicted octanol–water partition coefficient (Wildman–Crippen LogP) is 3.12. The van der Waals surface area contributed by atoms with Crippen LogP contribution in [0.4, 0.5) is 0 Å². The van der Waals surface area contributed by atoms with Gasteiger partial charge < -0.3 is 0 Å². The van der Waals surface area contributed by atoms with Crippen molar-refractivity contribution in [3.05, 3.63) is 90.0 Å². The summed E-state index contributed by atoms with van der Waals surface area (Å²) < 4.78 is 27.0. The molecule has 0 aliphatic rings. The molecule has 0 saturated heterocycles. The third-order valence-electron chi connectivity index (χ3n) is 4.46. The van der Waals surface area contributed by atoms with Gasteiger partial charge >= 0.3 is 0 Å². The van der Waals surface area contributed by atoms with E-state index in [9.17, 15) is 8.42 Å². The molecule has 1 aromatic heterocycles. The summed E-state index contributed by atoms with van der Waals surface area (Å²) in [6, 6.07) is 23.6. The number of rotatable bonds is 6. The van der Waals surface area contributed by atoms with E-state index in [0.29, 0.717) is 5.71 Å². The lowest BCUT2D eigenvalue weighted by molar-refractivity contribution is 0.584. The van der Waals surface area contributed by atoms with Gasteiger partial charge in [0.1, 0.15) is 5.52 Å². The van der Waals surface area contributed by atoms with E-state index >= 15 is 0 Å². The summed E-state index contributed by atoms with van der Waals surface area (Å²) in [6.07, 6.45) is 0. The highest BCUT2D eigenvalue weighted by Gasteiger charge is 2.15. The first-order valence-corrected chi connectivity index (χ1v) is 10.5. The summed E-state index contributed by atoms with van der Waals surface area (Å²) in [4.78, 5) is 2.51. The maximum absolute atomic E-state index is 12.6. The van der Waals surface area contributed by atoms with Gasteiger partial charge in [-0.1, -0.05) is 65.4 Å². The number of fused-ring (bicyclic) bond motifs is 1. The highest BCUT2D eigenvalue weighted by atomic mass is 32.2. The standard InChI is InChI=1S/C21H19N5O2S/c1-16-11-13-18(14-12-16)29(27,28)25-23-20(17-7-3-2-4-8-17)15-26-21-10-6-5-9-19(21)22-24-26/h2-14,25H,15H2,1H3. The van der Waals surface area contributed by atoms with Crippen molar-refractivity contribution in [1.82, 2.24) is 19.8 Å². The van der Waals surface area contributed by atoms with Gasteiger partial charge in [0.15, 0.2) is 0 Å². The molecule has 4 aromatic rings. The Morgan fingerprint density at radius 1 is 0.966 bits per heavy atom. The lowest BCUT2D eigenvalue weighted by Gasteiger charge is -2.10. The highest BCUT2D eigenvalue weighted by molar-refractivity contribution is 7.89. The van der Waals surface area contributed by atoms with Crippen LogP contribution in [0, 0.1) is 6.92 Å². The van der Waals surface area contributed by atoms with Crippen LogP contribution in [0.3, 0.4) is 0 Å². The topological polar surface area (TPSA) is 89.2 Å². The molecule has 0 aliphatic heterocycles. The molecule has 0 aliphatic carbocycles. The van der Waals surface area contributed by atoms with E-state index < -0.39 is 10.0 Å². The van der Waals surface area contributed by atoms with Gasteiger partial charge in [-0.2, -0.15) is 18.4 Å². The monoisotopic (exact) mass is 405 g/mol. The molecule has 0 atom stereocenters. The molecule has 1 N–H and O–H groups in total. The highest BCUT2D eigenvalue weighted by Crippen LogP contribution is 2.13. The van der Waals surface area contributed by atoms with Crippen LogP contribution in [0.1, 0.15) is 11.1 Å². The van der Waals surface area contributed by atoms with Crippen molar-refractivity contribution in [3.8, 4) is 0 Å². The van der Waals surface area contributed by atoms with Gasteiger partial charge in [-0.25, -0.2) is 4.68 Å². The second-order valence-electron chi connectivity index (χ2n) is 6.57. The van der Waals surface area contributed by atoms with Gasteiger partial charge in [0, 0.05) is 0 Å². The number of aromatic nitrogens is 3. The Balaban J connectivity index is 1.68. The molecule has 29 heavy (non-hydrogen) atoms. The quantitative estimate of drug-likeness (QED) is 0.394. The van der Waals surface area contributed by atoms with Gasteiger partial charge in [-0.15, -0.1) is 5.10 Å².